The molecule has 1 amide bonds. The number of carbonyl (C=O) groups excluding carboxylic acids is 1. The van der Waals surface area contributed by atoms with Crippen LogP contribution in [-0.2, 0) is 0 Å². The smallest absolute Gasteiger partial charge is 0.367 e. The SMILES string of the molecule is Cc1nnsc1C(=O)N1CCC[C@H](c2cc3n(n2)[C@H](C(F)(F)F)C[C@H](C(C)C)N3)C1. The Bertz CT molecular complexity index is 924. The lowest BCUT2D eigenvalue weighted by Crippen LogP contribution is -2.41. The van der Waals surface area contributed by atoms with Gasteiger partial charge in [0.25, 0.3) is 5.91 Å². The number of hydrogen-bond donors (Lipinski definition) is 1. The van der Waals surface area contributed by atoms with Crippen LogP contribution < -0.4 is 5.32 Å². The molecular weight excluding hydrogens is 417 g/mol. The van der Waals surface area contributed by atoms with E-state index >= 15 is 0 Å². The summed E-state index contributed by atoms with van der Waals surface area (Å²) >= 11 is 1.07. The number of aryl methyl sites for hydroxylation is 1. The molecule has 7 nitrogen and oxygen atoms in total. The molecule has 0 aliphatic carbocycles. The van der Waals surface area contributed by atoms with Crippen molar-refractivity contribution >= 4 is 23.3 Å². The Balaban J connectivity index is 1.58. The summed E-state index contributed by atoms with van der Waals surface area (Å²) in [6.07, 6.45) is -2.85. The number of hydrogen-bond acceptors (Lipinski definition) is 6. The number of nitrogens with one attached hydrogen (secondary N) is 1. The minimum absolute atomic E-state index is 0.0395. The summed E-state index contributed by atoms with van der Waals surface area (Å²) in [6.45, 7) is 6.61. The number of fused-ring (bicyclic) bond motifs is 1. The first kappa shape index (κ1) is 21.1. The standard InChI is InChI=1S/C19H25F3N6OS/c1-10(2)13-7-15(19(20,21)22)28-16(23-13)8-14(25-28)12-5-4-6-27(9-12)18(29)17-11(3)24-26-30-17/h8,10,12-13,15,23H,4-7,9H2,1-3H3/t12-,13+,15-/m0/s1. The molecule has 0 unspecified atom stereocenters. The molecule has 2 aromatic heterocycles. The highest BCUT2D eigenvalue weighted by Crippen LogP contribution is 2.42. The van der Waals surface area contributed by atoms with Crippen LogP contribution >= 0.6 is 11.5 Å². The Morgan fingerprint density at radius 2 is 2.13 bits per heavy atom. The second-order valence-electron chi connectivity index (χ2n) is 8.46. The number of piperidine rings is 1. The van der Waals surface area contributed by atoms with Crippen molar-refractivity contribution in [2.75, 3.05) is 18.4 Å². The molecule has 1 fully saturated rings. The Hall–Kier alpha value is -2.17. The van der Waals surface area contributed by atoms with Crippen molar-refractivity contribution in [3.8, 4) is 0 Å². The molecule has 0 saturated carbocycles. The van der Waals surface area contributed by atoms with Gasteiger partial charge >= 0.3 is 6.18 Å². The second kappa shape index (κ2) is 7.82. The van der Waals surface area contributed by atoms with E-state index in [9.17, 15) is 18.0 Å². The van der Waals surface area contributed by atoms with E-state index in [0.717, 1.165) is 29.1 Å². The summed E-state index contributed by atoms with van der Waals surface area (Å²) in [5.74, 6) is 0.252. The minimum atomic E-state index is -4.36. The maximum Gasteiger partial charge on any atom is 0.410 e. The molecule has 164 valence electrons. The number of nitrogens with zero attached hydrogens (tertiary/aromatic N) is 5. The third-order valence-corrected chi connectivity index (χ3v) is 6.83. The molecule has 0 bridgehead atoms. The second-order valence-corrected chi connectivity index (χ2v) is 9.22. The van der Waals surface area contributed by atoms with Crippen LogP contribution in [0.15, 0.2) is 6.07 Å². The van der Waals surface area contributed by atoms with Crippen LogP contribution in [0, 0.1) is 12.8 Å². The molecule has 0 spiro atoms. The number of amides is 1. The maximum absolute atomic E-state index is 13.7. The van der Waals surface area contributed by atoms with Gasteiger partial charge in [-0.05, 0) is 43.6 Å². The highest BCUT2D eigenvalue weighted by molar-refractivity contribution is 7.07. The van der Waals surface area contributed by atoms with Gasteiger partial charge in [-0.15, -0.1) is 5.10 Å². The summed E-state index contributed by atoms with van der Waals surface area (Å²) in [6, 6.07) is -0.173. The van der Waals surface area contributed by atoms with E-state index in [2.05, 4.69) is 20.0 Å². The van der Waals surface area contributed by atoms with Gasteiger partial charge in [-0.1, -0.05) is 18.3 Å². The number of halogens is 3. The zero-order valence-electron chi connectivity index (χ0n) is 17.1. The fraction of sp³-hybridized carbons (Fsp3) is 0.684. The summed E-state index contributed by atoms with van der Waals surface area (Å²) in [5.41, 5.74) is 1.20. The highest BCUT2D eigenvalue weighted by Gasteiger charge is 2.47. The lowest BCUT2D eigenvalue weighted by molar-refractivity contribution is -0.174. The van der Waals surface area contributed by atoms with Gasteiger partial charge in [-0.2, -0.15) is 18.3 Å². The van der Waals surface area contributed by atoms with Crippen molar-refractivity contribution in [3.63, 3.8) is 0 Å². The molecule has 4 rings (SSSR count). The van der Waals surface area contributed by atoms with Gasteiger partial charge in [-0.25, -0.2) is 4.68 Å². The van der Waals surface area contributed by atoms with Gasteiger partial charge in [0, 0.05) is 31.1 Å². The van der Waals surface area contributed by atoms with E-state index in [-0.39, 0.29) is 30.2 Å². The maximum atomic E-state index is 13.7. The van der Waals surface area contributed by atoms with E-state index in [1.807, 2.05) is 13.8 Å². The van der Waals surface area contributed by atoms with E-state index in [1.54, 1.807) is 17.9 Å². The van der Waals surface area contributed by atoms with E-state index in [4.69, 9.17) is 0 Å². The molecule has 4 heterocycles. The molecule has 1 saturated heterocycles. The van der Waals surface area contributed by atoms with Crippen molar-refractivity contribution in [2.45, 2.75) is 64.2 Å². The van der Waals surface area contributed by atoms with Crippen LogP contribution in [0.3, 0.4) is 0 Å². The molecule has 0 radical (unpaired) electrons. The molecule has 11 heteroatoms. The zero-order valence-corrected chi connectivity index (χ0v) is 17.9. The Kier molecular flexibility index (Phi) is 5.50. The summed E-state index contributed by atoms with van der Waals surface area (Å²) in [4.78, 5) is 15.1. The minimum Gasteiger partial charge on any atom is -0.367 e. The van der Waals surface area contributed by atoms with Crippen molar-refractivity contribution in [1.82, 2.24) is 24.3 Å². The zero-order chi connectivity index (χ0) is 21.6. The molecule has 2 aromatic rings. The van der Waals surface area contributed by atoms with Crippen molar-refractivity contribution in [2.24, 2.45) is 5.92 Å². The van der Waals surface area contributed by atoms with Crippen molar-refractivity contribution < 1.29 is 18.0 Å². The number of anilines is 1. The van der Waals surface area contributed by atoms with Gasteiger partial charge in [0.1, 0.15) is 10.7 Å². The molecular formula is C19H25F3N6OS. The van der Waals surface area contributed by atoms with Crippen molar-refractivity contribution in [1.29, 1.82) is 0 Å². The molecule has 2 aliphatic heterocycles. The van der Waals surface area contributed by atoms with Gasteiger partial charge in [0.05, 0.1) is 11.4 Å². The summed E-state index contributed by atoms with van der Waals surface area (Å²) < 4.78 is 46.1. The van der Waals surface area contributed by atoms with Gasteiger partial charge in [0.15, 0.2) is 6.04 Å². The average molecular weight is 443 g/mol. The lowest BCUT2D eigenvalue weighted by Gasteiger charge is -2.35. The topological polar surface area (TPSA) is 75.9 Å². The third-order valence-electron chi connectivity index (χ3n) is 6.02. The van der Waals surface area contributed by atoms with Crippen molar-refractivity contribution in [3.05, 3.63) is 22.3 Å². The van der Waals surface area contributed by atoms with E-state index in [1.165, 1.54) is 0 Å². The Morgan fingerprint density at radius 3 is 2.77 bits per heavy atom. The normalized spacial score (nSPS) is 24.6. The van der Waals surface area contributed by atoms with Crippen LogP contribution in [0.1, 0.15) is 66.1 Å². The number of aromatic nitrogens is 4. The van der Waals surface area contributed by atoms with E-state index < -0.39 is 12.2 Å². The summed E-state index contributed by atoms with van der Waals surface area (Å²) in [7, 11) is 0. The highest BCUT2D eigenvalue weighted by atomic mass is 32.1. The predicted octanol–water partition coefficient (Wildman–Crippen LogP) is 4.01. The number of likely N-dealkylation sites (tertiary alicyclic amines) is 1. The number of rotatable bonds is 3. The first-order valence-corrected chi connectivity index (χ1v) is 10.9. The van der Waals surface area contributed by atoms with Crippen LogP contribution in [0.5, 0.6) is 0 Å². The van der Waals surface area contributed by atoms with Crippen LogP contribution in [0.4, 0.5) is 19.0 Å². The molecule has 0 aromatic carbocycles. The van der Waals surface area contributed by atoms with Gasteiger partial charge in [-0.3, -0.25) is 4.79 Å². The van der Waals surface area contributed by atoms with Gasteiger partial charge in [0.2, 0.25) is 0 Å². The monoisotopic (exact) mass is 442 g/mol. The Labute approximate surface area is 176 Å². The molecule has 3 atom stereocenters. The largest absolute Gasteiger partial charge is 0.410 e. The predicted molar refractivity (Wildman–Crippen MR) is 107 cm³/mol. The van der Waals surface area contributed by atoms with E-state index in [0.29, 0.717) is 35.2 Å². The summed E-state index contributed by atoms with van der Waals surface area (Å²) in [5, 5.41) is 11.5. The quantitative estimate of drug-likeness (QED) is 0.778. The fourth-order valence-corrected chi connectivity index (χ4v) is 4.86. The Morgan fingerprint density at radius 1 is 1.37 bits per heavy atom. The number of alkyl halides is 3. The van der Waals surface area contributed by atoms with Crippen LogP contribution in [0.2, 0.25) is 0 Å². The third kappa shape index (κ3) is 3.91. The van der Waals surface area contributed by atoms with Crippen LogP contribution in [0.25, 0.3) is 0 Å². The first-order chi connectivity index (χ1) is 14.1. The fourth-order valence-electron chi connectivity index (χ4n) is 4.23. The molecule has 1 N–H and O–H groups in total. The average Bonchev–Trinajstić information content (AvgIpc) is 3.31. The molecule has 30 heavy (non-hydrogen) atoms. The lowest BCUT2D eigenvalue weighted by atomic mass is 9.93. The first-order valence-electron chi connectivity index (χ1n) is 10.2. The van der Waals surface area contributed by atoms with Crippen LogP contribution in [-0.4, -0.2) is 55.5 Å². The van der Waals surface area contributed by atoms with Gasteiger partial charge < -0.3 is 10.2 Å². The number of carbonyl (C=O) groups is 1. The molecule has 2 aliphatic rings.